The van der Waals surface area contributed by atoms with Gasteiger partial charge in [-0.3, -0.25) is 0 Å². The summed E-state index contributed by atoms with van der Waals surface area (Å²) in [6.07, 6.45) is 0. The molecule has 1 nitrogen and oxygen atoms in total. The molecule has 0 aliphatic rings. The molecule has 0 aliphatic heterocycles. The molecule has 10 aromatic rings. The molecule has 0 N–H and O–H groups in total. The second kappa shape index (κ2) is 12.1. The number of rotatable bonds is 5. The topological polar surface area (TPSA) is 13.1 Å². The van der Waals surface area contributed by atoms with Crippen molar-refractivity contribution < 1.29 is 5.79 Å². The molecule has 0 atom stereocenters. The Labute approximate surface area is 304 Å². The summed E-state index contributed by atoms with van der Waals surface area (Å²) in [6, 6.07) is 61.6. The van der Waals surface area contributed by atoms with Gasteiger partial charge in [0.05, 0.1) is 1.37 Å². The van der Waals surface area contributed by atoms with E-state index in [1.54, 1.807) is 0 Å². The van der Waals surface area contributed by atoms with Crippen molar-refractivity contribution in [3.8, 4) is 44.5 Å². The molecule has 0 radical (unpaired) electrons. The predicted molar refractivity (Wildman–Crippen MR) is 222 cm³/mol. The van der Waals surface area contributed by atoms with Crippen LogP contribution in [0, 0.1) is 0 Å². The third-order valence-electron chi connectivity index (χ3n) is 10.8. The SMILES string of the molecule is [2H]c1ccc2cc(-c3ccc(-c4c5ccccc5c(-c5ccc(-c6cccc7oc8cc(C(C)C)ccc8c67)cc5)c5ccccc45)cc3)ccc2c1. The molecule has 1 heterocycles. The molecule has 1 aromatic heterocycles. The van der Waals surface area contributed by atoms with Gasteiger partial charge in [-0.05, 0) is 107 Å². The first-order chi connectivity index (χ1) is 26.0. The van der Waals surface area contributed by atoms with E-state index in [0.717, 1.165) is 27.3 Å². The average molecular weight is 666 g/mol. The van der Waals surface area contributed by atoms with E-state index in [-0.39, 0.29) is 0 Å². The van der Waals surface area contributed by atoms with Gasteiger partial charge in [0.2, 0.25) is 0 Å². The maximum Gasteiger partial charge on any atom is 0.136 e. The van der Waals surface area contributed by atoms with Crippen LogP contribution in [0.5, 0.6) is 0 Å². The van der Waals surface area contributed by atoms with Crippen LogP contribution in [-0.2, 0) is 0 Å². The number of hydrogen-bond acceptors (Lipinski definition) is 1. The molecule has 0 saturated carbocycles. The Kier molecular flexibility index (Phi) is 6.82. The van der Waals surface area contributed by atoms with Crippen molar-refractivity contribution in [3.05, 3.63) is 181 Å². The summed E-state index contributed by atoms with van der Waals surface area (Å²) in [5.41, 5.74) is 12.8. The Bertz CT molecular complexity index is 2960. The van der Waals surface area contributed by atoms with Gasteiger partial charge >= 0.3 is 0 Å². The van der Waals surface area contributed by atoms with Gasteiger partial charge < -0.3 is 4.42 Å². The molecule has 0 aliphatic carbocycles. The lowest BCUT2D eigenvalue weighted by atomic mass is 9.85. The van der Waals surface area contributed by atoms with Crippen LogP contribution in [-0.4, -0.2) is 0 Å². The minimum absolute atomic E-state index is 0.446. The summed E-state index contributed by atoms with van der Waals surface area (Å²) >= 11 is 0. The first-order valence-electron chi connectivity index (χ1n) is 18.6. The van der Waals surface area contributed by atoms with E-state index in [1.807, 2.05) is 18.2 Å². The van der Waals surface area contributed by atoms with Crippen molar-refractivity contribution in [1.82, 2.24) is 0 Å². The molecular weight excluding hydrogens is 629 g/mol. The zero-order chi connectivity index (χ0) is 35.6. The average Bonchev–Trinajstić information content (AvgIpc) is 3.58. The monoisotopic (exact) mass is 665 g/mol. The Morgan fingerprint density at radius 2 is 1.02 bits per heavy atom. The molecule has 0 fully saturated rings. The smallest absolute Gasteiger partial charge is 0.136 e. The minimum Gasteiger partial charge on any atom is -0.456 e. The van der Waals surface area contributed by atoms with E-state index < -0.39 is 0 Å². The quantitative estimate of drug-likeness (QED) is 0.167. The predicted octanol–water partition coefficient (Wildman–Crippen LogP) is 14.8. The lowest BCUT2D eigenvalue weighted by Gasteiger charge is -2.18. The third kappa shape index (κ3) is 4.93. The lowest BCUT2D eigenvalue weighted by Crippen LogP contribution is -1.91. The zero-order valence-electron chi connectivity index (χ0n) is 30.2. The molecule has 0 saturated heterocycles. The van der Waals surface area contributed by atoms with Gasteiger partial charge in [0.15, 0.2) is 0 Å². The van der Waals surface area contributed by atoms with Crippen LogP contribution in [0.4, 0.5) is 0 Å². The molecule has 9 aromatic carbocycles. The molecule has 0 spiro atoms. The van der Waals surface area contributed by atoms with Gasteiger partial charge in [0.1, 0.15) is 11.2 Å². The fraction of sp³-hybridized carbons (Fsp3) is 0.0588. The number of benzene rings is 9. The van der Waals surface area contributed by atoms with Crippen LogP contribution >= 0.6 is 0 Å². The van der Waals surface area contributed by atoms with E-state index >= 15 is 0 Å². The number of furan rings is 1. The molecular formula is C51H36O. The van der Waals surface area contributed by atoms with Crippen LogP contribution in [0.25, 0.3) is 98.8 Å². The second-order valence-electron chi connectivity index (χ2n) is 14.2. The van der Waals surface area contributed by atoms with Gasteiger partial charge in [-0.1, -0.05) is 172 Å². The Morgan fingerprint density at radius 3 is 1.65 bits per heavy atom. The maximum absolute atomic E-state index is 7.97. The highest BCUT2D eigenvalue weighted by atomic mass is 16.3. The normalized spacial score (nSPS) is 12.1. The summed E-state index contributed by atoms with van der Waals surface area (Å²) < 4.78 is 14.4. The fourth-order valence-corrected chi connectivity index (χ4v) is 8.14. The van der Waals surface area contributed by atoms with Gasteiger partial charge in [-0.25, -0.2) is 0 Å². The molecule has 0 bridgehead atoms. The van der Waals surface area contributed by atoms with Gasteiger partial charge in [0.25, 0.3) is 0 Å². The summed E-state index contributed by atoms with van der Waals surface area (Å²) in [7, 11) is 0. The maximum atomic E-state index is 7.97. The van der Waals surface area contributed by atoms with E-state index in [2.05, 4.69) is 166 Å². The van der Waals surface area contributed by atoms with Crippen molar-refractivity contribution in [2.75, 3.05) is 0 Å². The van der Waals surface area contributed by atoms with E-state index in [0.29, 0.717) is 12.0 Å². The standard InChI is InChI=1S/C51H36O/c1-32(2)38-28-29-46-48(31-38)52-47-17-9-16-41(51(46)47)35-21-25-37(26-22-35)50-44-14-7-5-12-42(44)49(43-13-6-8-15-45(43)50)36-23-18-34(19-24-36)40-27-20-33-10-3-4-11-39(33)30-40/h3-32H,1-2H3/i3D. The number of hydrogen-bond donors (Lipinski definition) is 0. The molecule has 0 amide bonds. The van der Waals surface area contributed by atoms with Gasteiger partial charge in [-0.2, -0.15) is 0 Å². The second-order valence-corrected chi connectivity index (χ2v) is 14.2. The lowest BCUT2D eigenvalue weighted by molar-refractivity contribution is 0.667. The summed E-state index contributed by atoms with van der Waals surface area (Å²) in [5.74, 6) is 0.446. The van der Waals surface area contributed by atoms with Crippen molar-refractivity contribution in [2.45, 2.75) is 19.8 Å². The summed E-state index contributed by atoms with van der Waals surface area (Å²) in [6.45, 7) is 4.44. The summed E-state index contributed by atoms with van der Waals surface area (Å²) in [5, 5.41) is 9.53. The Morgan fingerprint density at radius 1 is 0.423 bits per heavy atom. The van der Waals surface area contributed by atoms with Crippen molar-refractivity contribution in [3.63, 3.8) is 0 Å². The zero-order valence-corrected chi connectivity index (χ0v) is 29.2. The fourth-order valence-electron chi connectivity index (χ4n) is 8.14. The summed E-state index contributed by atoms with van der Waals surface area (Å²) in [4.78, 5) is 0. The molecule has 0 unspecified atom stereocenters. The number of fused-ring (bicyclic) bond motifs is 6. The Balaban J connectivity index is 1.08. The van der Waals surface area contributed by atoms with Crippen molar-refractivity contribution >= 4 is 54.3 Å². The van der Waals surface area contributed by atoms with Gasteiger partial charge in [-0.15, -0.1) is 0 Å². The minimum atomic E-state index is 0.446. The molecule has 10 rings (SSSR count). The van der Waals surface area contributed by atoms with E-state index in [9.17, 15) is 0 Å². The van der Waals surface area contributed by atoms with E-state index in [1.165, 1.54) is 77.0 Å². The Hall–Kier alpha value is -6.44. The highest BCUT2D eigenvalue weighted by molar-refractivity contribution is 6.21. The van der Waals surface area contributed by atoms with Crippen LogP contribution in [0.15, 0.2) is 180 Å². The van der Waals surface area contributed by atoms with Crippen molar-refractivity contribution in [2.24, 2.45) is 0 Å². The first-order valence-corrected chi connectivity index (χ1v) is 18.1. The largest absolute Gasteiger partial charge is 0.456 e. The van der Waals surface area contributed by atoms with Crippen LogP contribution in [0.3, 0.4) is 0 Å². The van der Waals surface area contributed by atoms with E-state index in [4.69, 9.17) is 5.79 Å². The van der Waals surface area contributed by atoms with Crippen LogP contribution in [0.1, 0.15) is 26.7 Å². The third-order valence-corrected chi connectivity index (χ3v) is 10.8. The van der Waals surface area contributed by atoms with Gasteiger partial charge in [0, 0.05) is 10.8 Å². The van der Waals surface area contributed by atoms with Crippen LogP contribution < -0.4 is 0 Å². The molecule has 52 heavy (non-hydrogen) atoms. The highest BCUT2D eigenvalue weighted by Gasteiger charge is 2.18. The molecule has 1 heteroatoms. The highest BCUT2D eigenvalue weighted by Crippen LogP contribution is 2.45. The van der Waals surface area contributed by atoms with Crippen molar-refractivity contribution in [1.29, 1.82) is 0 Å². The first kappa shape index (κ1) is 29.3. The molecule has 246 valence electrons. The van der Waals surface area contributed by atoms with Crippen LogP contribution in [0.2, 0.25) is 0 Å².